The summed E-state index contributed by atoms with van der Waals surface area (Å²) < 4.78 is 20.1. The molecule has 4 heterocycles. The Morgan fingerprint density at radius 2 is 1.07 bits per heavy atom. The number of aryl methyl sites for hydroxylation is 2. The highest BCUT2D eigenvalue weighted by Gasteiger charge is 2.40. The number of pyridine rings is 1. The zero-order chi connectivity index (χ0) is 51.7. The van der Waals surface area contributed by atoms with E-state index in [0.717, 1.165) is 70.6 Å². The summed E-state index contributed by atoms with van der Waals surface area (Å²) in [6.45, 7) is 22.7. The molecular formula is C57H75N7O7. The van der Waals surface area contributed by atoms with Gasteiger partial charge in [0.05, 0.1) is 79.2 Å². The van der Waals surface area contributed by atoms with E-state index in [9.17, 15) is 19.8 Å². The number of aromatic nitrogens is 7. The summed E-state index contributed by atoms with van der Waals surface area (Å²) in [5.41, 5.74) is 8.62. The first-order chi connectivity index (χ1) is 33.6. The third-order valence-electron chi connectivity index (χ3n) is 14.0. The van der Waals surface area contributed by atoms with Gasteiger partial charge in [-0.1, -0.05) is 85.7 Å². The van der Waals surface area contributed by atoms with Crippen LogP contribution in [0.1, 0.15) is 176 Å². The molecule has 0 bridgehead atoms. The Morgan fingerprint density at radius 3 is 1.55 bits per heavy atom. The number of imidazole rings is 2. The van der Waals surface area contributed by atoms with Crippen LogP contribution in [-0.4, -0.2) is 69.4 Å². The number of nitrogens with zero attached hydrogens (tertiary/aromatic N) is 7. The van der Waals surface area contributed by atoms with Gasteiger partial charge in [-0.15, -0.1) is 0 Å². The third-order valence-corrected chi connectivity index (χ3v) is 14.0. The number of carbonyl (C=O) groups is 2. The molecule has 14 nitrogen and oxygen atoms in total. The fourth-order valence-corrected chi connectivity index (χ4v) is 9.43. The van der Waals surface area contributed by atoms with Gasteiger partial charge in [-0.25, -0.2) is 9.97 Å². The lowest BCUT2D eigenvalue weighted by atomic mass is 9.65. The highest BCUT2D eigenvalue weighted by Crippen LogP contribution is 2.45. The number of carbonyl (C=O) groups excluding carboxylic acids is 2. The Morgan fingerprint density at radius 1 is 0.606 bits per heavy atom. The predicted octanol–water partition coefficient (Wildman–Crippen LogP) is 10.4. The smallest absolute Gasteiger partial charge is 0.306 e. The molecule has 2 atom stereocenters. The summed E-state index contributed by atoms with van der Waals surface area (Å²) >= 11 is 0. The summed E-state index contributed by atoms with van der Waals surface area (Å²) in [6, 6.07) is 18.7. The monoisotopic (exact) mass is 970 g/mol. The number of esters is 2. The van der Waals surface area contributed by atoms with E-state index in [1.54, 1.807) is 43.6 Å². The number of benzene rings is 2. The molecule has 2 N–H and O–H groups in total. The van der Waals surface area contributed by atoms with Gasteiger partial charge in [-0.2, -0.15) is 0 Å². The summed E-state index contributed by atoms with van der Waals surface area (Å²) in [5.74, 6) is 1.68. The standard InChI is InChI=1S/C28H36N4O3.C15H18N2O3.C14H21NO/c1-7-34-23(33)16-22(26-29-14-15-32(26)6)19-8-10-21(11-9-19)35-18-20-17-30-24-25(31-20)28(4,5)13-12-27(24,2)3;1-3-20-14(19)10-13(15-16-8-9-17(15)2)11-4-6-12(18)7-5-11;1-13(2)7-8-14(3,4)12-11(13)6-5-10(9-16)15-12/h8-11,14-15,17,22H,7,12-13,16,18H2,1-6H3;4-9,13,18H,3,10H2,1-2H3;5-6,16H,7-9H2,1-4H3/t22-;13-;/m00./s1. The van der Waals surface area contributed by atoms with Crippen molar-refractivity contribution in [2.24, 2.45) is 14.1 Å². The van der Waals surface area contributed by atoms with E-state index in [2.05, 4.69) is 76.4 Å². The molecule has 0 radical (unpaired) electrons. The molecule has 0 fully saturated rings. The maximum atomic E-state index is 12.3. The van der Waals surface area contributed by atoms with Crippen LogP contribution in [0.4, 0.5) is 0 Å². The minimum absolute atomic E-state index is 0.00836. The van der Waals surface area contributed by atoms with Gasteiger partial charge < -0.3 is 33.6 Å². The zero-order valence-corrected chi connectivity index (χ0v) is 44.0. The number of hydrogen-bond acceptors (Lipinski definition) is 12. The molecule has 2 aromatic carbocycles. The van der Waals surface area contributed by atoms with E-state index < -0.39 is 0 Å². The topological polar surface area (TPSA) is 177 Å². The molecule has 0 saturated heterocycles. The molecule has 2 aliphatic carbocycles. The third kappa shape index (κ3) is 13.3. The van der Waals surface area contributed by atoms with E-state index in [-0.39, 0.29) is 70.6 Å². The normalized spacial score (nSPS) is 16.6. The molecule has 0 saturated carbocycles. The number of aliphatic hydroxyl groups is 1. The van der Waals surface area contributed by atoms with Crippen molar-refractivity contribution in [1.29, 1.82) is 0 Å². The summed E-state index contributed by atoms with van der Waals surface area (Å²) in [7, 11) is 3.82. The molecule has 71 heavy (non-hydrogen) atoms. The van der Waals surface area contributed by atoms with Crippen molar-refractivity contribution < 1.29 is 34.0 Å². The highest BCUT2D eigenvalue weighted by molar-refractivity contribution is 5.71. The van der Waals surface area contributed by atoms with Crippen molar-refractivity contribution in [3.05, 3.63) is 148 Å². The molecule has 2 aliphatic rings. The largest absolute Gasteiger partial charge is 0.508 e. The van der Waals surface area contributed by atoms with Gasteiger partial charge in [-0.05, 0) is 92.0 Å². The first kappa shape index (κ1) is 53.9. The van der Waals surface area contributed by atoms with Crippen LogP contribution in [0.25, 0.3) is 0 Å². The highest BCUT2D eigenvalue weighted by atomic mass is 16.5. The van der Waals surface area contributed by atoms with Crippen molar-refractivity contribution in [2.45, 2.75) is 154 Å². The number of phenols is 1. The van der Waals surface area contributed by atoms with Crippen LogP contribution in [0.3, 0.4) is 0 Å². The average molecular weight is 970 g/mol. The van der Waals surface area contributed by atoms with Gasteiger partial charge in [0.15, 0.2) is 0 Å². The van der Waals surface area contributed by atoms with Gasteiger partial charge in [0.25, 0.3) is 0 Å². The first-order valence-electron chi connectivity index (χ1n) is 24.8. The van der Waals surface area contributed by atoms with Crippen molar-refractivity contribution in [1.82, 2.24) is 34.1 Å². The van der Waals surface area contributed by atoms with Crippen LogP contribution < -0.4 is 4.74 Å². The van der Waals surface area contributed by atoms with Crippen LogP contribution in [0.15, 0.2) is 91.6 Å². The predicted molar refractivity (Wildman–Crippen MR) is 274 cm³/mol. The number of rotatable bonds is 14. The molecule has 8 rings (SSSR count). The molecule has 6 aromatic rings. The SMILES string of the molecule is CC1(C)CCC(C)(C)c2nc(CO)ccc21.CCOC(=O)C[C@@H](c1ccc(O)cc1)c1nccn1C.CCOC(=O)C[C@@H](c1ccc(OCc2cnc3c(n2)C(C)(C)CCC3(C)C)cc1)c1nccn1C. The molecular weight excluding hydrogens is 895 g/mol. The fraction of sp³-hybridized carbons (Fsp3) is 0.491. The second kappa shape index (κ2) is 22.8. The zero-order valence-electron chi connectivity index (χ0n) is 44.0. The lowest BCUT2D eigenvalue weighted by molar-refractivity contribution is -0.144. The lowest BCUT2D eigenvalue weighted by Crippen LogP contribution is -2.36. The van der Waals surface area contributed by atoms with Crippen LogP contribution in [0.2, 0.25) is 0 Å². The van der Waals surface area contributed by atoms with Gasteiger partial charge in [-0.3, -0.25) is 24.5 Å². The maximum absolute atomic E-state index is 12.3. The van der Waals surface area contributed by atoms with E-state index in [1.807, 2.05) is 79.1 Å². The number of hydrogen-bond donors (Lipinski definition) is 2. The van der Waals surface area contributed by atoms with E-state index in [1.165, 1.54) is 17.7 Å². The number of ether oxygens (including phenoxy) is 3. The van der Waals surface area contributed by atoms with E-state index in [4.69, 9.17) is 24.2 Å². The van der Waals surface area contributed by atoms with Crippen molar-refractivity contribution >= 4 is 11.9 Å². The molecule has 0 unspecified atom stereocenters. The first-order valence-corrected chi connectivity index (χ1v) is 24.8. The van der Waals surface area contributed by atoms with Gasteiger partial charge >= 0.3 is 11.9 Å². The Kier molecular flexibility index (Phi) is 17.3. The second-order valence-corrected chi connectivity index (χ2v) is 21.3. The second-order valence-electron chi connectivity index (χ2n) is 21.3. The van der Waals surface area contributed by atoms with Gasteiger partial charge in [0.2, 0.25) is 0 Å². The van der Waals surface area contributed by atoms with E-state index in [0.29, 0.717) is 19.8 Å². The molecule has 0 spiro atoms. The van der Waals surface area contributed by atoms with Crippen molar-refractivity contribution in [3.8, 4) is 11.5 Å². The van der Waals surface area contributed by atoms with Gasteiger partial charge in [0, 0.05) is 55.1 Å². The van der Waals surface area contributed by atoms with Gasteiger partial charge in [0.1, 0.15) is 29.8 Å². The Balaban J connectivity index is 0.000000193. The van der Waals surface area contributed by atoms with Crippen LogP contribution >= 0.6 is 0 Å². The van der Waals surface area contributed by atoms with E-state index >= 15 is 0 Å². The summed E-state index contributed by atoms with van der Waals surface area (Å²) in [4.78, 5) is 47.2. The summed E-state index contributed by atoms with van der Waals surface area (Å²) in [6.07, 6.45) is 14.0. The fourth-order valence-electron chi connectivity index (χ4n) is 9.43. The number of aromatic hydroxyl groups is 1. The minimum Gasteiger partial charge on any atom is -0.508 e. The number of aliphatic hydroxyl groups excluding tert-OH is 1. The molecule has 4 aromatic heterocycles. The lowest BCUT2D eigenvalue weighted by Gasteiger charge is -2.40. The van der Waals surface area contributed by atoms with Crippen molar-refractivity contribution in [3.63, 3.8) is 0 Å². The average Bonchev–Trinajstić information content (AvgIpc) is 3.97. The van der Waals surface area contributed by atoms with Crippen LogP contribution in [0, 0.1) is 0 Å². The minimum atomic E-state index is -0.256. The van der Waals surface area contributed by atoms with Crippen LogP contribution in [0.5, 0.6) is 11.5 Å². The molecule has 0 amide bonds. The Labute approximate surface area is 420 Å². The molecule has 14 heteroatoms. The maximum Gasteiger partial charge on any atom is 0.306 e. The van der Waals surface area contributed by atoms with Crippen molar-refractivity contribution in [2.75, 3.05) is 13.2 Å². The quantitative estimate of drug-likeness (QED) is 0.0990. The van der Waals surface area contributed by atoms with Crippen LogP contribution in [-0.2, 0) is 68.0 Å². The summed E-state index contributed by atoms with van der Waals surface area (Å²) in [5, 5.41) is 18.6. The number of fused-ring (bicyclic) bond motifs is 2. The number of phenolic OH excluding ortho intramolecular Hbond substituents is 1. The molecule has 380 valence electrons. The Hall–Kier alpha value is -6.41. The Bertz CT molecular complexity index is 2720. The molecule has 0 aliphatic heterocycles.